The van der Waals surface area contributed by atoms with E-state index in [1.807, 2.05) is 31.2 Å². The first-order chi connectivity index (χ1) is 12.6. The third-order valence-corrected chi connectivity index (χ3v) is 5.96. The van der Waals surface area contributed by atoms with Crippen LogP contribution < -0.4 is 10.6 Å². The summed E-state index contributed by atoms with van der Waals surface area (Å²) < 4.78 is 0. The Bertz CT molecular complexity index is 1000. The lowest BCUT2D eigenvalue weighted by atomic mass is 10.2. The van der Waals surface area contributed by atoms with Gasteiger partial charge in [-0.3, -0.25) is 19.9 Å². The number of thioether (sulfide) groups is 1. The van der Waals surface area contributed by atoms with E-state index in [-0.39, 0.29) is 11.8 Å². The molecule has 130 valence electrons. The summed E-state index contributed by atoms with van der Waals surface area (Å²) >= 11 is 2.85. The van der Waals surface area contributed by atoms with Gasteiger partial charge in [-0.05, 0) is 37.3 Å². The highest BCUT2D eigenvalue weighted by atomic mass is 32.2. The maximum Gasteiger partial charge on any atom is 0.257 e. The number of fused-ring (bicyclic) bond motifs is 1. The lowest BCUT2D eigenvalue weighted by molar-refractivity contribution is -0.113. The summed E-state index contributed by atoms with van der Waals surface area (Å²) in [5.74, 6) is 0.0716. The highest BCUT2D eigenvalue weighted by molar-refractivity contribution is 8.00. The van der Waals surface area contributed by atoms with Crippen LogP contribution in [-0.2, 0) is 4.79 Å². The Kier molecular flexibility index (Phi) is 4.44. The molecule has 26 heavy (non-hydrogen) atoms. The van der Waals surface area contributed by atoms with Crippen molar-refractivity contribution in [1.82, 2.24) is 9.97 Å². The van der Waals surface area contributed by atoms with E-state index in [4.69, 9.17) is 0 Å². The molecule has 1 aliphatic rings. The Morgan fingerprint density at radius 2 is 2.15 bits per heavy atom. The van der Waals surface area contributed by atoms with Crippen molar-refractivity contribution in [3.05, 3.63) is 53.9 Å². The summed E-state index contributed by atoms with van der Waals surface area (Å²) in [6, 6.07) is 11.0. The van der Waals surface area contributed by atoms with Crippen molar-refractivity contribution in [2.75, 3.05) is 16.4 Å². The zero-order valence-corrected chi connectivity index (χ0v) is 15.4. The fourth-order valence-corrected chi connectivity index (χ4v) is 4.31. The van der Waals surface area contributed by atoms with Gasteiger partial charge < -0.3 is 5.32 Å². The standard InChI is InChI=1S/C18H14N4O2S2/c1-10-16(12-4-2-3-7-19-12)26-18(20-10)22-17(24)11-5-6-14-13(8-11)21-15(23)9-25-14/h2-8H,9H2,1H3,(H,21,23)(H,20,22,24). The SMILES string of the molecule is Cc1nc(NC(=O)c2ccc3c(c2)NC(=O)CS3)sc1-c1ccccn1. The molecule has 0 unspecified atom stereocenters. The van der Waals surface area contributed by atoms with E-state index in [1.165, 1.54) is 23.1 Å². The molecule has 0 atom stereocenters. The largest absolute Gasteiger partial charge is 0.324 e. The molecule has 4 rings (SSSR count). The summed E-state index contributed by atoms with van der Waals surface area (Å²) in [5.41, 5.74) is 2.79. The number of pyridine rings is 1. The van der Waals surface area contributed by atoms with E-state index < -0.39 is 0 Å². The van der Waals surface area contributed by atoms with Gasteiger partial charge in [-0.2, -0.15) is 0 Å². The molecule has 0 aliphatic carbocycles. The zero-order valence-electron chi connectivity index (χ0n) is 13.8. The van der Waals surface area contributed by atoms with Gasteiger partial charge in [0.2, 0.25) is 5.91 Å². The summed E-state index contributed by atoms with van der Waals surface area (Å²) in [7, 11) is 0. The first kappa shape index (κ1) is 16.7. The van der Waals surface area contributed by atoms with E-state index in [9.17, 15) is 9.59 Å². The molecule has 8 heteroatoms. The molecular formula is C18H14N4O2S2. The number of hydrogen-bond donors (Lipinski definition) is 2. The van der Waals surface area contributed by atoms with Gasteiger partial charge in [-0.1, -0.05) is 17.4 Å². The highest BCUT2D eigenvalue weighted by Crippen LogP contribution is 2.33. The molecule has 0 spiro atoms. The molecule has 2 aromatic heterocycles. The molecule has 6 nitrogen and oxygen atoms in total. The average Bonchev–Trinajstić information content (AvgIpc) is 3.02. The minimum absolute atomic E-state index is 0.0596. The summed E-state index contributed by atoms with van der Waals surface area (Å²) in [4.78, 5) is 34.7. The predicted octanol–water partition coefficient (Wildman–Crippen LogP) is 3.81. The van der Waals surface area contributed by atoms with E-state index in [2.05, 4.69) is 20.6 Å². The number of benzene rings is 1. The van der Waals surface area contributed by atoms with Gasteiger partial charge in [-0.25, -0.2) is 4.98 Å². The lowest BCUT2D eigenvalue weighted by Crippen LogP contribution is -2.19. The molecule has 0 radical (unpaired) electrons. The van der Waals surface area contributed by atoms with Crippen molar-refractivity contribution in [3.8, 4) is 10.6 Å². The van der Waals surface area contributed by atoms with Crippen LogP contribution in [-0.4, -0.2) is 27.5 Å². The van der Waals surface area contributed by atoms with Gasteiger partial charge in [0.15, 0.2) is 5.13 Å². The fourth-order valence-electron chi connectivity index (χ4n) is 2.58. The zero-order chi connectivity index (χ0) is 18.1. The van der Waals surface area contributed by atoms with Gasteiger partial charge in [-0.15, -0.1) is 11.8 Å². The Balaban J connectivity index is 1.56. The minimum Gasteiger partial charge on any atom is -0.324 e. The number of nitrogens with one attached hydrogen (secondary N) is 2. The topological polar surface area (TPSA) is 84.0 Å². The van der Waals surface area contributed by atoms with Crippen LogP contribution in [0.2, 0.25) is 0 Å². The number of rotatable bonds is 3. The van der Waals surface area contributed by atoms with Crippen LogP contribution in [0.25, 0.3) is 10.6 Å². The normalized spacial score (nSPS) is 13.0. The van der Waals surface area contributed by atoms with E-state index in [0.29, 0.717) is 22.1 Å². The van der Waals surface area contributed by atoms with Crippen LogP contribution in [0.15, 0.2) is 47.5 Å². The van der Waals surface area contributed by atoms with Crippen LogP contribution in [0.5, 0.6) is 0 Å². The number of hydrogen-bond acceptors (Lipinski definition) is 6. The number of thiazole rings is 1. The Labute approximate surface area is 158 Å². The molecule has 3 heterocycles. The molecule has 2 amide bonds. The van der Waals surface area contributed by atoms with Crippen LogP contribution in [0, 0.1) is 6.92 Å². The highest BCUT2D eigenvalue weighted by Gasteiger charge is 2.18. The van der Waals surface area contributed by atoms with Gasteiger partial charge >= 0.3 is 0 Å². The molecule has 0 fully saturated rings. The number of anilines is 2. The molecule has 3 aromatic rings. The molecule has 0 saturated carbocycles. The third kappa shape index (κ3) is 3.33. The molecule has 0 bridgehead atoms. The van der Waals surface area contributed by atoms with E-state index >= 15 is 0 Å². The van der Waals surface area contributed by atoms with Crippen molar-refractivity contribution >= 4 is 45.7 Å². The second-order valence-electron chi connectivity index (χ2n) is 5.65. The van der Waals surface area contributed by atoms with Crippen molar-refractivity contribution in [2.24, 2.45) is 0 Å². The number of aromatic nitrogens is 2. The minimum atomic E-state index is -0.265. The summed E-state index contributed by atoms with van der Waals surface area (Å²) in [6.45, 7) is 1.89. The fraction of sp³-hybridized carbons (Fsp3) is 0.111. The molecule has 2 N–H and O–H groups in total. The van der Waals surface area contributed by atoms with Crippen LogP contribution in [0.1, 0.15) is 16.1 Å². The van der Waals surface area contributed by atoms with E-state index in [1.54, 1.807) is 18.3 Å². The predicted molar refractivity (Wildman–Crippen MR) is 104 cm³/mol. The quantitative estimate of drug-likeness (QED) is 0.720. The first-order valence-corrected chi connectivity index (χ1v) is 9.67. The first-order valence-electron chi connectivity index (χ1n) is 7.87. The second kappa shape index (κ2) is 6.89. The molecule has 1 aromatic carbocycles. The molecular weight excluding hydrogens is 368 g/mol. The number of aryl methyl sites for hydroxylation is 1. The maximum atomic E-state index is 12.6. The Morgan fingerprint density at radius 3 is 2.96 bits per heavy atom. The third-order valence-electron chi connectivity index (χ3n) is 3.79. The lowest BCUT2D eigenvalue weighted by Gasteiger charge is -2.16. The van der Waals surface area contributed by atoms with E-state index in [0.717, 1.165) is 21.2 Å². The van der Waals surface area contributed by atoms with Crippen molar-refractivity contribution in [2.45, 2.75) is 11.8 Å². The summed E-state index contributed by atoms with van der Waals surface area (Å²) in [5, 5.41) is 6.14. The second-order valence-corrected chi connectivity index (χ2v) is 7.67. The summed E-state index contributed by atoms with van der Waals surface area (Å²) in [6.07, 6.45) is 1.73. The number of carbonyl (C=O) groups excluding carboxylic acids is 2. The maximum absolute atomic E-state index is 12.6. The molecule has 0 saturated heterocycles. The molecule has 1 aliphatic heterocycles. The monoisotopic (exact) mass is 382 g/mol. The van der Waals surface area contributed by atoms with Crippen LogP contribution in [0.3, 0.4) is 0 Å². The number of nitrogens with zero attached hydrogens (tertiary/aromatic N) is 2. The van der Waals surface area contributed by atoms with Crippen molar-refractivity contribution < 1.29 is 9.59 Å². The smallest absolute Gasteiger partial charge is 0.257 e. The van der Waals surface area contributed by atoms with Gasteiger partial charge in [0.05, 0.1) is 27.7 Å². The number of amides is 2. The van der Waals surface area contributed by atoms with Crippen LogP contribution >= 0.6 is 23.1 Å². The average molecular weight is 382 g/mol. The van der Waals surface area contributed by atoms with Gasteiger partial charge in [0, 0.05) is 16.7 Å². The Hall–Kier alpha value is -2.71. The Morgan fingerprint density at radius 1 is 1.27 bits per heavy atom. The van der Waals surface area contributed by atoms with Crippen molar-refractivity contribution in [3.63, 3.8) is 0 Å². The van der Waals surface area contributed by atoms with Crippen LogP contribution in [0.4, 0.5) is 10.8 Å². The van der Waals surface area contributed by atoms with Gasteiger partial charge in [0.1, 0.15) is 0 Å². The van der Waals surface area contributed by atoms with Gasteiger partial charge in [0.25, 0.3) is 5.91 Å². The van der Waals surface area contributed by atoms with Crippen molar-refractivity contribution in [1.29, 1.82) is 0 Å². The number of carbonyl (C=O) groups is 2.